The van der Waals surface area contributed by atoms with Gasteiger partial charge in [0.2, 0.25) is 0 Å². The number of aryl methyl sites for hydroxylation is 1. The van der Waals surface area contributed by atoms with Gasteiger partial charge in [-0.2, -0.15) is 8.42 Å². The van der Waals surface area contributed by atoms with E-state index >= 15 is 0 Å². The van der Waals surface area contributed by atoms with Gasteiger partial charge in [-0.15, -0.1) is 0 Å². The largest absolute Gasteiger partial charge is 1.00 e. The van der Waals surface area contributed by atoms with Gasteiger partial charge in [0.15, 0.2) is 0 Å². The van der Waals surface area contributed by atoms with Crippen molar-refractivity contribution >= 4 is 10.1 Å². The normalized spacial score (nSPS) is 11.6. The van der Waals surface area contributed by atoms with Crippen LogP contribution in [0.15, 0.2) is 29.2 Å². The third kappa shape index (κ3) is 4.28. The van der Waals surface area contributed by atoms with Crippen LogP contribution in [0.1, 0.15) is 45.7 Å². The van der Waals surface area contributed by atoms with Crippen LogP contribution in [-0.2, 0) is 16.5 Å². The first-order valence-electron chi connectivity index (χ1n) is 7.40. The summed E-state index contributed by atoms with van der Waals surface area (Å²) >= 11 is 0. The topological polar surface area (TPSA) is 63.6 Å². The van der Waals surface area contributed by atoms with Crippen LogP contribution in [0.4, 0.5) is 0 Å². The molecule has 0 spiro atoms. The zero-order valence-corrected chi connectivity index (χ0v) is 17.2. The van der Waals surface area contributed by atoms with Crippen LogP contribution < -0.4 is 34.3 Å². The maximum absolute atomic E-state index is 11.8. The first-order chi connectivity index (χ1) is 10.3. The third-order valence-electron chi connectivity index (χ3n) is 3.83. The Hall–Kier alpha value is -0.590. The van der Waals surface area contributed by atoms with Crippen LogP contribution in [0.2, 0.25) is 0 Å². The van der Waals surface area contributed by atoms with Gasteiger partial charge in [-0.25, -0.2) is 0 Å². The van der Waals surface area contributed by atoms with Crippen molar-refractivity contribution in [1.82, 2.24) is 0 Å². The van der Waals surface area contributed by atoms with E-state index in [1.54, 1.807) is 13.2 Å². The number of ether oxygens (including phenoxy) is 1. The summed E-state index contributed by atoms with van der Waals surface area (Å²) in [7, 11) is -2.71. The molecule has 1 N–H and O–H groups in total. The zero-order chi connectivity index (χ0) is 16.5. The summed E-state index contributed by atoms with van der Waals surface area (Å²) in [5, 5.41) is 0. The standard InChI is InChI=1S/C17H22O4S.Na.H/c1-5-6-13-10-16(22(18,19)20)14-9-12(11(2)3)7-8-15(21-4)17(13)14;;/h7-11H,5-6H2,1-4H3,(H,18,19,20);;/q;+1;-1. The van der Waals surface area contributed by atoms with Crippen LogP contribution in [0, 0.1) is 0 Å². The van der Waals surface area contributed by atoms with Gasteiger partial charge in [-0.3, -0.25) is 4.55 Å². The maximum Gasteiger partial charge on any atom is 1.00 e. The van der Waals surface area contributed by atoms with Crippen LogP contribution in [0.25, 0.3) is 11.1 Å². The fraction of sp³-hybridized carbons (Fsp3) is 0.412. The van der Waals surface area contributed by atoms with E-state index < -0.39 is 10.1 Å². The van der Waals surface area contributed by atoms with Crippen LogP contribution in [0.5, 0.6) is 5.75 Å². The van der Waals surface area contributed by atoms with Crippen molar-refractivity contribution < 1.29 is 48.7 Å². The number of rotatable bonds is 5. The zero-order valence-electron chi connectivity index (χ0n) is 15.4. The van der Waals surface area contributed by atoms with Gasteiger partial charge >= 0.3 is 29.6 Å². The molecule has 23 heavy (non-hydrogen) atoms. The third-order valence-corrected chi connectivity index (χ3v) is 4.72. The molecule has 2 aliphatic rings. The molecule has 0 unspecified atom stereocenters. The Morgan fingerprint density at radius 1 is 1.26 bits per heavy atom. The van der Waals surface area contributed by atoms with Gasteiger partial charge in [-0.05, 0) is 41.7 Å². The van der Waals surface area contributed by atoms with Crippen molar-refractivity contribution in [2.24, 2.45) is 0 Å². The van der Waals surface area contributed by atoms with E-state index in [1.807, 2.05) is 39.0 Å². The Morgan fingerprint density at radius 3 is 2.39 bits per heavy atom. The summed E-state index contributed by atoms with van der Waals surface area (Å²) in [6.45, 7) is 6.11. The second-order valence-corrected chi connectivity index (χ2v) is 7.14. The van der Waals surface area contributed by atoms with Gasteiger partial charge in [0.25, 0.3) is 10.1 Å². The Kier molecular flexibility index (Phi) is 7.11. The smallest absolute Gasteiger partial charge is 1.00 e. The molecule has 0 amide bonds. The van der Waals surface area contributed by atoms with Gasteiger partial charge in [0.05, 0.1) is 7.11 Å². The second-order valence-electron chi connectivity index (χ2n) is 5.75. The van der Waals surface area contributed by atoms with Crippen molar-refractivity contribution in [3.63, 3.8) is 0 Å². The molecular weight excluding hydrogens is 323 g/mol. The molecule has 0 radical (unpaired) electrons. The van der Waals surface area contributed by atoms with Crippen molar-refractivity contribution in [2.45, 2.75) is 44.4 Å². The molecule has 6 heteroatoms. The molecule has 4 nitrogen and oxygen atoms in total. The number of hydrogen-bond donors (Lipinski definition) is 1. The summed E-state index contributed by atoms with van der Waals surface area (Å²) in [6, 6.07) is 7.21. The predicted octanol–water partition coefficient (Wildman–Crippen LogP) is 1.24. The van der Waals surface area contributed by atoms with E-state index in [-0.39, 0.29) is 41.8 Å². The predicted molar refractivity (Wildman–Crippen MR) is 88.6 cm³/mol. The summed E-state index contributed by atoms with van der Waals surface area (Å²) in [5.41, 5.74) is 3.17. The van der Waals surface area contributed by atoms with Crippen LogP contribution in [-0.4, -0.2) is 20.1 Å². The number of methoxy groups -OCH3 is 1. The van der Waals surface area contributed by atoms with Gasteiger partial charge < -0.3 is 6.16 Å². The van der Waals surface area contributed by atoms with Crippen LogP contribution in [0.3, 0.4) is 0 Å². The van der Waals surface area contributed by atoms with E-state index in [4.69, 9.17) is 4.74 Å². The van der Waals surface area contributed by atoms with E-state index in [1.165, 1.54) is 0 Å². The molecule has 2 aliphatic carbocycles. The summed E-state index contributed by atoms with van der Waals surface area (Å²) in [4.78, 5) is -0.0395. The Balaban J connectivity index is 0.00000264. The monoisotopic (exact) mass is 346 g/mol. The van der Waals surface area contributed by atoms with E-state index in [0.29, 0.717) is 11.3 Å². The minimum absolute atomic E-state index is 0. The molecule has 0 saturated carbocycles. The molecule has 0 bridgehead atoms. The average Bonchev–Trinajstić information content (AvgIpc) is 2.67. The van der Waals surface area contributed by atoms with E-state index in [9.17, 15) is 13.0 Å². The molecule has 0 saturated heterocycles. The number of fused-ring (bicyclic) bond motifs is 1. The molecule has 2 rings (SSSR count). The molecule has 0 heterocycles. The first-order valence-corrected chi connectivity index (χ1v) is 8.84. The second kappa shape index (κ2) is 7.99. The SMILES string of the molecule is CCCc1cc(S(=O)(=O)O)c2cc(C(C)C)ccc(OC)c1-2.[H-].[Na+]. The van der Waals surface area contributed by atoms with Crippen molar-refractivity contribution in [1.29, 1.82) is 0 Å². The minimum Gasteiger partial charge on any atom is -1.00 e. The summed E-state index contributed by atoms with van der Waals surface area (Å²) in [6.07, 6.45) is 1.60. The quantitative estimate of drug-likeness (QED) is 0.654. The molecular formula is C17H23NaO4S. The fourth-order valence-electron chi connectivity index (χ4n) is 2.72. The fourth-order valence-corrected chi connectivity index (χ4v) is 3.45. The molecule has 0 aromatic heterocycles. The Labute approximate surface area is 162 Å². The van der Waals surface area contributed by atoms with Crippen molar-refractivity contribution in [3.05, 3.63) is 35.4 Å². The summed E-state index contributed by atoms with van der Waals surface area (Å²) in [5.74, 6) is 0.860. The first kappa shape index (κ1) is 20.5. The number of hydrogen-bond acceptors (Lipinski definition) is 3. The maximum atomic E-state index is 11.8. The van der Waals surface area contributed by atoms with Crippen LogP contribution >= 0.6 is 0 Å². The Bertz CT molecular complexity index is 760. The van der Waals surface area contributed by atoms with Gasteiger partial charge in [-0.1, -0.05) is 33.3 Å². The minimum atomic E-state index is -4.28. The molecule has 0 aliphatic heterocycles. The van der Waals surface area contributed by atoms with Crippen molar-refractivity contribution in [3.8, 4) is 16.9 Å². The van der Waals surface area contributed by atoms with E-state index in [0.717, 1.165) is 29.5 Å². The van der Waals surface area contributed by atoms with Gasteiger partial charge in [0, 0.05) is 11.1 Å². The molecule has 0 aromatic carbocycles. The molecule has 122 valence electrons. The average molecular weight is 346 g/mol. The molecule has 0 fully saturated rings. The summed E-state index contributed by atoms with van der Waals surface area (Å²) < 4.78 is 38.6. The molecule has 0 atom stereocenters. The Morgan fingerprint density at radius 2 is 1.91 bits per heavy atom. The van der Waals surface area contributed by atoms with Gasteiger partial charge in [0.1, 0.15) is 10.6 Å². The molecule has 0 aromatic rings. The van der Waals surface area contributed by atoms with E-state index in [2.05, 4.69) is 0 Å². The van der Waals surface area contributed by atoms with Crippen molar-refractivity contribution in [2.75, 3.05) is 7.11 Å².